The summed E-state index contributed by atoms with van der Waals surface area (Å²) >= 11 is 0. The lowest BCUT2D eigenvalue weighted by molar-refractivity contribution is -0.138. The highest BCUT2D eigenvalue weighted by molar-refractivity contribution is 5.74. The van der Waals surface area contributed by atoms with Crippen LogP contribution in [0, 0.1) is 0 Å². The summed E-state index contributed by atoms with van der Waals surface area (Å²) in [4.78, 5) is 26.2. The molecule has 0 aliphatic carbocycles. The number of carboxylic acids is 1. The van der Waals surface area contributed by atoms with Crippen molar-refractivity contribution in [3.05, 3.63) is 22.2 Å². The molecule has 2 rings (SSSR count). The Morgan fingerprint density at radius 3 is 3.00 bits per heavy atom. The molecule has 0 aromatic carbocycles. The monoisotopic (exact) mass is 253 g/mol. The van der Waals surface area contributed by atoms with Gasteiger partial charge in [-0.05, 0) is 0 Å². The van der Waals surface area contributed by atoms with E-state index in [1.807, 2.05) is 0 Å². The normalized spacial score (nSPS) is 12.6. The number of rotatable bonds is 4. The van der Waals surface area contributed by atoms with Crippen molar-refractivity contribution in [2.45, 2.75) is 12.5 Å². The second-order valence-corrected chi connectivity index (χ2v) is 3.70. The van der Waals surface area contributed by atoms with Crippen molar-refractivity contribution in [3.8, 4) is 11.6 Å². The molecule has 4 N–H and O–H groups in total. The van der Waals surface area contributed by atoms with Gasteiger partial charge >= 0.3 is 5.97 Å². The van der Waals surface area contributed by atoms with Crippen LogP contribution in [0.25, 0.3) is 11.6 Å². The second-order valence-electron chi connectivity index (χ2n) is 3.70. The van der Waals surface area contributed by atoms with Crippen LogP contribution < -0.4 is 11.3 Å². The van der Waals surface area contributed by atoms with Gasteiger partial charge in [0, 0.05) is 13.5 Å². The van der Waals surface area contributed by atoms with E-state index in [0.29, 0.717) is 5.82 Å². The third kappa shape index (κ3) is 2.02. The molecule has 0 bridgehead atoms. The Balaban J connectivity index is 2.43. The minimum absolute atomic E-state index is 0.140. The molecule has 0 aliphatic rings. The summed E-state index contributed by atoms with van der Waals surface area (Å²) in [5, 5.41) is 14.7. The third-order valence-corrected chi connectivity index (χ3v) is 2.45. The summed E-state index contributed by atoms with van der Waals surface area (Å²) in [6, 6.07) is -1.18. The van der Waals surface area contributed by atoms with Gasteiger partial charge in [0.05, 0.1) is 5.56 Å². The molecule has 0 amide bonds. The van der Waals surface area contributed by atoms with E-state index in [0.717, 1.165) is 0 Å². The van der Waals surface area contributed by atoms with Gasteiger partial charge in [0.2, 0.25) is 5.76 Å². The molecular formula is C9H11N5O4. The molecule has 0 saturated carbocycles. The van der Waals surface area contributed by atoms with Crippen molar-refractivity contribution in [1.29, 1.82) is 0 Å². The second kappa shape index (κ2) is 4.45. The maximum absolute atomic E-state index is 11.5. The molecule has 2 heterocycles. The summed E-state index contributed by atoms with van der Waals surface area (Å²) in [7, 11) is 1.62. The maximum atomic E-state index is 11.5. The summed E-state index contributed by atoms with van der Waals surface area (Å²) in [6.45, 7) is 0. The first kappa shape index (κ1) is 12.0. The Labute approximate surface area is 100 Å². The minimum atomic E-state index is -1.19. The fraction of sp³-hybridized carbons (Fsp3) is 0.333. The van der Waals surface area contributed by atoms with Crippen LogP contribution in [-0.4, -0.2) is 37.0 Å². The largest absolute Gasteiger partial charge is 0.480 e. The Morgan fingerprint density at radius 1 is 1.72 bits per heavy atom. The van der Waals surface area contributed by atoms with E-state index in [4.69, 9.17) is 15.4 Å². The van der Waals surface area contributed by atoms with Crippen LogP contribution in [0.3, 0.4) is 0 Å². The molecule has 18 heavy (non-hydrogen) atoms. The zero-order valence-corrected chi connectivity index (χ0v) is 9.45. The number of hydrogen-bond donors (Lipinski definition) is 3. The predicted molar refractivity (Wildman–Crippen MR) is 58.6 cm³/mol. The van der Waals surface area contributed by atoms with Gasteiger partial charge in [-0.3, -0.25) is 9.59 Å². The number of H-pyrrole nitrogens is 1. The average molecular weight is 253 g/mol. The van der Waals surface area contributed by atoms with Gasteiger partial charge in [-0.2, -0.15) is 10.3 Å². The fourth-order valence-corrected chi connectivity index (χ4v) is 1.50. The Bertz CT molecular complexity index is 625. The van der Waals surface area contributed by atoms with Crippen LogP contribution in [0.4, 0.5) is 0 Å². The highest BCUT2D eigenvalue weighted by Crippen LogP contribution is 2.18. The number of nitrogens with zero attached hydrogens (tertiary/aromatic N) is 3. The average Bonchev–Trinajstić information content (AvgIpc) is 2.86. The predicted octanol–water partition coefficient (Wildman–Crippen LogP) is -1.28. The van der Waals surface area contributed by atoms with Gasteiger partial charge in [-0.1, -0.05) is 0 Å². The van der Waals surface area contributed by atoms with E-state index in [-0.39, 0.29) is 17.7 Å². The van der Waals surface area contributed by atoms with Crippen molar-refractivity contribution in [1.82, 2.24) is 19.9 Å². The Hall–Kier alpha value is -2.42. The molecule has 0 saturated heterocycles. The van der Waals surface area contributed by atoms with E-state index in [1.165, 1.54) is 11.0 Å². The number of aromatic nitrogens is 4. The number of aryl methyl sites for hydroxylation is 1. The number of aliphatic carboxylic acids is 1. The fourth-order valence-electron chi connectivity index (χ4n) is 1.50. The highest BCUT2D eigenvalue weighted by atomic mass is 16.5. The molecule has 96 valence electrons. The van der Waals surface area contributed by atoms with Gasteiger partial charge in [0.25, 0.3) is 5.56 Å². The SMILES string of the molecule is Cn1ncnc1-c1o[nH]c(=O)c1CC(N)C(=O)O. The van der Waals surface area contributed by atoms with Crippen LogP contribution in [-0.2, 0) is 18.3 Å². The molecule has 2 aromatic rings. The molecule has 9 nitrogen and oxygen atoms in total. The molecule has 0 radical (unpaired) electrons. The smallest absolute Gasteiger partial charge is 0.320 e. The van der Waals surface area contributed by atoms with Crippen LogP contribution in [0.2, 0.25) is 0 Å². The van der Waals surface area contributed by atoms with E-state index >= 15 is 0 Å². The van der Waals surface area contributed by atoms with E-state index < -0.39 is 17.6 Å². The lowest BCUT2D eigenvalue weighted by atomic mass is 10.1. The Kier molecular flexibility index (Phi) is 2.98. The number of nitrogens with one attached hydrogen (secondary N) is 1. The molecule has 2 aromatic heterocycles. The molecule has 9 heteroatoms. The lowest BCUT2D eigenvalue weighted by Crippen LogP contribution is -2.33. The van der Waals surface area contributed by atoms with Crippen molar-refractivity contribution >= 4 is 5.97 Å². The first-order valence-corrected chi connectivity index (χ1v) is 5.03. The zero-order chi connectivity index (χ0) is 13.3. The van der Waals surface area contributed by atoms with Crippen molar-refractivity contribution in [3.63, 3.8) is 0 Å². The van der Waals surface area contributed by atoms with Crippen LogP contribution in [0.5, 0.6) is 0 Å². The van der Waals surface area contributed by atoms with E-state index in [9.17, 15) is 9.59 Å². The number of carbonyl (C=O) groups is 1. The van der Waals surface area contributed by atoms with Crippen molar-refractivity contribution < 1.29 is 14.4 Å². The van der Waals surface area contributed by atoms with Crippen LogP contribution in [0.1, 0.15) is 5.56 Å². The number of hydrogen-bond acceptors (Lipinski definition) is 6. The lowest BCUT2D eigenvalue weighted by Gasteiger charge is -2.04. The quantitative estimate of drug-likeness (QED) is 0.616. The summed E-state index contributed by atoms with van der Waals surface area (Å²) in [5.74, 6) is -0.725. The van der Waals surface area contributed by atoms with Gasteiger partial charge < -0.3 is 15.4 Å². The molecule has 1 unspecified atom stereocenters. The topological polar surface area (TPSA) is 140 Å². The van der Waals surface area contributed by atoms with Crippen molar-refractivity contribution in [2.75, 3.05) is 0 Å². The number of aromatic amines is 1. The first-order chi connectivity index (χ1) is 8.50. The maximum Gasteiger partial charge on any atom is 0.320 e. The van der Waals surface area contributed by atoms with Gasteiger partial charge in [-0.25, -0.2) is 9.67 Å². The van der Waals surface area contributed by atoms with Crippen molar-refractivity contribution in [2.24, 2.45) is 12.8 Å². The van der Waals surface area contributed by atoms with Crippen LogP contribution in [0.15, 0.2) is 15.6 Å². The highest BCUT2D eigenvalue weighted by Gasteiger charge is 2.23. The zero-order valence-electron chi connectivity index (χ0n) is 9.45. The number of carboxylic acid groups (broad SMARTS) is 1. The van der Waals surface area contributed by atoms with E-state index in [1.54, 1.807) is 7.05 Å². The molecule has 0 spiro atoms. The molecular weight excluding hydrogens is 242 g/mol. The molecule has 0 aliphatic heterocycles. The summed E-state index contributed by atoms with van der Waals surface area (Å²) in [6.07, 6.45) is 1.15. The van der Waals surface area contributed by atoms with Gasteiger partial charge in [0.15, 0.2) is 5.82 Å². The summed E-state index contributed by atoms with van der Waals surface area (Å²) < 4.78 is 6.40. The molecule has 0 fully saturated rings. The van der Waals surface area contributed by atoms with Gasteiger partial charge in [-0.15, -0.1) is 0 Å². The summed E-state index contributed by atoms with van der Waals surface area (Å²) in [5.41, 5.74) is 5.02. The third-order valence-electron chi connectivity index (χ3n) is 2.45. The number of nitrogens with two attached hydrogens (primary N) is 1. The first-order valence-electron chi connectivity index (χ1n) is 5.03. The Morgan fingerprint density at radius 2 is 2.44 bits per heavy atom. The van der Waals surface area contributed by atoms with Crippen LogP contribution >= 0.6 is 0 Å². The van der Waals surface area contributed by atoms with E-state index in [2.05, 4.69) is 15.2 Å². The molecule has 1 atom stereocenters. The van der Waals surface area contributed by atoms with Gasteiger partial charge in [0.1, 0.15) is 12.4 Å². The standard InChI is InChI=1S/C9H11N5O4/c1-14-7(11-3-12-14)6-4(8(15)13-18-6)2-5(10)9(16)17/h3,5H,2,10H2,1H3,(H,13,15)(H,16,17). The minimum Gasteiger partial charge on any atom is -0.480 e.